The lowest BCUT2D eigenvalue weighted by Crippen LogP contribution is -2.65. The summed E-state index contributed by atoms with van der Waals surface area (Å²) in [6.07, 6.45) is 3.41. The molecule has 1 amide bonds. The number of aromatic nitrogens is 2. The number of ketones is 1. The summed E-state index contributed by atoms with van der Waals surface area (Å²) in [6, 6.07) is 15.7. The van der Waals surface area contributed by atoms with Gasteiger partial charge in [-0.1, -0.05) is 56.3 Å². The number of hydrogen-bond donors (Lipinski definition) is 2. The summed E-state index contributed by atoms with van der Waals surface area (Å²) >= 11 is 1.01. The third-order valence-corrected chi connectivity index (χ3v) is 14.2. The Labute approximate surface area is 355 Å². The number of carbonyl (C=O) groups excluding carboxylic acids is 3. The molecule has 3 aliphatic carbocycles. The second kappa shape index (κ2) is 17.0. The predicted octanol–water partition coefficient (Wildman–Crippen LogP) is 7.57. The van der Waals surface area contributed by atoms with Gasteiger partial charge in [-0.25, -0.2) is 23.0 Å². The second-order valence-corrected chi connectivity index (χ2v) is 20.1. The summed E-state index contributed by atoms with van der Waals surface area (Å²) in [7, 11) is -3.71. The van der Waals surface area contributed by atoms with E-state index in [0.29, 0.717) is 11.5 Å². The molecule has 2 N–H and O–H groups in total. The number of nitrogens with zero attached hydrogens (tertiary/aromatic N) is 2. The Morgan fingerprint density at radius 2 is 1.80 bits per heavy atom. The minimum Gasteiger partial charge on any atom is -0.496 e. The van der Waals surface area contributed by atoms with Gasteiger partial charge in [0.25, 0.3) is 0 Å². The van der Waals surface area contributed by atoms with E-state index in [9.17, 15) is 22.8 Å². The summed E-state index contributed by atoms with van der Waals surface area (Å²) in [5.41, 5.74) is 0.366. The van der Waals surface area contributed by atoms with Crippen LogP contribution in [0.25, 0.3) is 0 Å². The molecule has 3 saturated carbocycles. The Kier molecular flexibility index (Phi) is 12.3. The minimum atomic E-state index is -4.32. The van der Waals surface area contributed by atoms with Crippen LogP contribution in [0, 0.1) is 17.3 Å². The van der Waals surface area contributed by atoms with Crippen LogP contribution in [-0.4, -0.2) is 67.8 Å². The highest BCUT2D eigenvalue weighted by Gasteiger charge is 2.68. The summed E-state index contributed by atoms with van der Waals surface area (Å²) < 4.78 is 60.8. The topological polar surface area (TPSA) is 181 Å². The molecular weight excluding hydrogens is 807 g/mol. The zero-order valence-corrected chi connectivity index (χ0v) is 36.4. The fraction of sp³-hybridized carbons (Fsp3) is 0.465. The molecule has 8 rings (SSSR count). The van der Waals surface area contributed by atoms with E-state index in [1.54, 1.807) is 32.9 Å². The highest BCUT2D eigenvalue weighted by molar-refractivity contribution is 7.89. The van der Waals surface area contributed by atoms with Crippen LogP contribution in [0.3, 0.4) is 0 Å². The monoisotopic (exact) mass is 858 g/mol. The van der Waals surface area contributed by atoms with Gasteiger partial charge in [0.2, 0.25) is 10.0 Å². The van der Waals surface area contributed by atoms with Crippen LogP contribution in [0.4, 0.5) is 9.93 Å². The highest BCUT2D eigenvalue weighted by Crippen LogP contribution is 2.66. The molecule has 0 radical (unpaired) electrons. The first kappa shape index (κ1) is 43.4. The molecule has 14 nitrogen and oxygen atoms in total. The molecule has 2 bridgehead atoms. The average Bonchev–Trinajstić information content (AvgIpc) is 3.82. The van der Waals surface area contributed by atoms with Crippen LogP contribution in [0.1, 0.15) is 94.0 Å². The maximum absolute atomic E-state index is 14.9. The highest BCUT2D eigenvalue weighted by atomic mass is 32.2. The lowest BCUT2D eigenvalue weighted by Gasteiger charge is -2.64. The van der Waals surface area contributed by atoms with Crippen molar-refractivity contribution >= 4 is 51.5 Å². The fourth-order valence-corrected chi connectivity index (χ4v) is 10.7. The number of esters is 1. The Bertz CT molecular complexity index is 2320. The number of hydrogen-bond acceptors (Lipinski definition) is 13. The summed E-state index contributed by atoms with van der Waals surface area (Å²) in [5, 5.41) is 4.19. The number of rotatable bonds is 15. The molecule has 3 heterocycles. The Morgan fingerprint density at radius 3 is 2.48 bits per heavy atom. The van der Waals surface area contributed by atoms with Gasteiger partial charge in [0, 0.05) is 30.0 Å². The number of para-hydroxylation sites is 1. The first-order valence-corrected chi connectivity index (χ1v) is 22.3. The third-order valence-electron chi connectivity index (χ3n) is 12.0. The van der Waals surface area contributed by atoms with Gasteiger partial charge in [-0.15, -0.1) is 11.3 Å². The zero-order chi connectivity index (χ0) is 43.0. The van der Waals surface area contributed by atoms with Gasteiger partial charge in [0.15, 0.2) is 10.9 Å². The van der Waals surface area contributed by atoms with Crippen LogP contribution >= 0.6 is 11.3 Å². The van der Waals surface area contributed by atoms with Crippen molar-refractivity contribution in [1.29, 1.82) is 0 Å². The van der Waals surface area contributed by atoms with Gasteiger partial charge in [-0.2, -0.15) is 4.72 Å². The van der Waals surface area contributed by atoms with Gasteiger partial charge in [0.1, 0.15) is 34.5 Å². The van der Waals surface area contributed by atoms with Crippen molar-refractivity contribution in [2.45, 2.75) is 108 Å². The quantitative estimate of drug-likeness (QED) is 0.0886. The number of pyridine rings is 1. The van der Waals surface area contributed by atoms with Crippen molar-refractivity contribution < 1.29 is 46.3 Å². The first-order valence-electron chi connectivity index (χ1n) is 20.0. The van der Waals surface area contributed by atoms with Crippen LogP contribution in [0.2, 0.25) is 5.82 Å². The van der Waals surface area contributed by atoms with Gasteiger partial charge < -0.3 is 23.5 Å². The number of methoxy groups -OCH3 is 1. The molecule has 4 fully saturated rings. The maximum atomic E-state index is 14.9. The van der Waals surface area contributed by atoms with Crippen molar-refractivity contribution in [3.8, 4) is 5.75 Å². The van der Waals surface area contributed by atoms with Gasteiger partial charge in [-0.05, 0) is 93.5 Å². The molecule has 4 aromatic rings. The van der Waals surface area contributed by atoms with E-state index in [1.165, 1.54) is 37.0 Å². The minimum absolute atomic E-state index is 0.0217. The first-order chi connectivity index (χ1) is 28.4. The number of carbonyl (C=O) groups is 3. The largest absolute Gasteiger partial charge is 0.496 e. The van der Waals surface area contributed by atoms with Crippen molar-refractivity contribution in [1.82, 2.24) is 14.7 Å². The van der Waals surface area contributed by atoms with Crippen LogP contribution in [0.5, 0.6) is 5.75 Å². The van der Waals surface area contributed by atoms with Crippen molar-refractivity contribution in [2.75, 3.05) is 12.4 Å². The molecule has 60 heavy (non-hydrogen) atoms. The Morgan fingerprint density at radius 1 is 1.03 bits per heavy atom. The van der Waals surface area contributed by atoms with Crippen LogP contribution in [-0.2, 0) is 46.6 Å². The molecular formula is C43H51BN4O10S2. The number of benzene rings is 2. The number of Topliss-reactive ketones (excluding diaryl/α,β-unsaturated/α-hetero) is 1. The zero-order valence-electron chi connectivity index (χ0n) is 34.8. The van der Waals surface area contributed by atoms with E-state index in [1.807, 2.05) is 36.4 Å². The number of nitrogens with one attached hydrogen (secondary N) is 2. The van der Waals surface area contributed by atoms with E-state index in [0.717, 1.165) is 29.7 Å². The fourth-order valence-electron chi connectivity index (χ4n) is 8.85. The number of anilines is 1. The lowest BCUT2D eigenvalue weighted by atomic mass is 9.43. The normalized spacial score (nSPS) is 22.8. The summed E-state index contributed by atoms with van der Waals surface area (Å²) in [4.78, 5) is 49.3. The molecule has 1 aliphatic heterocycles. The molecule has 2 unspecified atom stereocenters. The van der Waals surface area contributed by atoms with Crippen LogP contribution in [0.15, 0.2) is 83.3 Å². The summed E-state index contributed by atoms with van der Waals surface area (Å²) in [6.45, 7) is 12.0. The van der Waals surface area contributed by atoms with Crippen molar-refractivity contribution in [3.63, 3.8) is 0 Å². The SMILES string of the molecule is COc1c(C[C@H](CC(=O)C(NS(=O)(=O)c2cccnc2)c2csc(NC(=O)OCc3ccccc3)n2)B2OC3C[C@@H]4C[C@@H](C4(C)C)[C@]3(C)O2)cccc1C(=O)OC(C)(C)C. The van der Waals surface area contributed by atoms with Gasteiger partial charge in [-0.3, -0.25) is 15.1 Å². The van der Waals surface area contributed by atoms with Gasteiger partial charge in [0.05, 0.1) is 24.5 Å². The van der Waals surface area contributed by atoms with E-state index in [2.05, 4.69) is 40.8 Å². The predicted molar refractivity (Wildman–Crippen MR) is 225 cm³/mol. The van der Waals surface area contributed by atoms with Gasteiger partial charge >= 0.3 is 19.2 Å². The molecule has 2 aromatic heterocycles. The van der Waals surface area contributed by atoms with Crippen LogP contribution < -0.4 is 14.8 Å². The average molecular weight is 859 g/mol. The van der Waals surface area contributed by atoms with E-state index in [4.69, 9.17) is 23.5 Å². The summed E-state index contributed by atoms with van der Waals surface area (Å²) in [5.74, 6) is -0.781. The molecule has 4 aliphatic rings. The molecule has 6 atom stereocenters. The maximum Gasteiger partial charge on any atom is 0.461 e. The smallest absolute Gasteiger partial charge is 0.461 e. The number of amides is 1. The number of thiazole rings is 1. The standard InChI is InChI=1S/C43H51BN4O10S2/c1-41(2,3)56-38(50)31-17-11-15-27(37(31)54-7)19-29(44-57-35-21-28-20-34(42(28,4)5)43(35,6)58-44)22-33(49)36(48-60(52,53)30-16-12-18-45-23-30)32-25-59-39(46-32)47-40(51)55-24-26-13-9-8-10-14-26/h8-18,23,25,28-29,34-36,48H,19-22,24H2,1-7H3,(H,46,47,51)/t28-,29+,34-,35?,36?,43-/m0/s1. The molecule has 2 aromatic carbocycles. The Hall–Kier alpha value is -4.68. The van der Waals surface area contributed by atoms with E-state index < -0.39 is 58.0 Å². The Balaban J connectivity index is 1.20. The third kappa shape index (κ3) is 9.15. The van der Waals surface area contributed by atoms with E-state index >= 15 is 0 Å². The molecule has 318 valence electrons. The number of ether oxygens (including phenoxy) is 3. The van der Waals surface area contributed by atoms with E-state index in [-0.39, 0.29) is 63.9 Å². The van der Waals surface area contributed by atoms with Crippen molar-refractivity contribution in [2.24, 2.45) is 17.3 Å². The molecule has 0 spiro atoms. The second-order valence-electron chi connectivity index (χ2n) is 17.5. The number of sulfonamides is 1. The molecule has 1 saturated heterocycles. The molecule has 17 heteroatoms. The lowest BCUT2D eigenvalue weighted by molar-refractivity contribution is -0.199. The van der Waals surface area contributed by atoms with Crippen molar-refractivity contribution in [3.05, 3.63) is 101 Å².